The van der Waals surface area contributed by atoms with E-state index in [4.69, 9.17) is 0 Å². The van der Waals surface area contributed by atoms with Gasteiger partial charge in [0.15, 0.2) is 11.5 Å². The number of hydrogen-bond acceptors (Lipinski definition) is 6. The molecule has 1 amide bonds. The molecule has 0 unspecified atom stereocenters. The Labute approximate surface area is 104 Å². The Kier molecular flexibility index (Phi) is 3.09. The third-order valence-electron chi connectivity index (χ3n) is 2.05. The minimum absolute atomic E-state index is 0.104. The molecule has 18 heavy (non-hydrogen) atoms. The largest absolute Gasteiger partial charge is 0.360 e. The molecule has 0 spiro atoms. The topological polar surface area (TPSA) is 97.1 Å². The van der Waals surface area contributed by atoms with E-state index in [1.54, 1.807) is 12.4 Å². The lowest BCUT2D eigenvalue weighted by molar-refractivity contribution is -0.120. The third kappa shape index (κ3) is 2.90. The number of nitrogens with zero attached hydrogens (tertiary/aromatic N) is 5. The predicted octanol–water partition coefficient (Wildman–Crippen LogP) is -0.154. The lowest BCUT2D eigenvalue weighted by Crippen LogP contribution is -2.43. The molecular weight excluding hydrogens is 234 g/mol. The van der Waals surface area contributed by atoms with E-state index in [9.17, 15) is 4.79 Å². The molecule has 0 saturated heterocycles. The van der Waals surface area contributed by atoms with Gasteiger partial charge in [0.05, 0.1) is 18.9 Å². The quantitative estimate of drug-likeness (QED) is 0.785. The van der Waals surface area contributed by atoms with E-state index in [1.165, 1.54) is 4.52 Å². The van der Waals surface area contributed by atoms with E-state index in [1.807, 2.05) is 20.8 Å². The van der Waals surface area contributed by atoms with Crippen molar-refractivity contribution in [2.75, 3.05) is 11.9 Å². The number of rotatable bonds is 3. The Bertz CT molecular complexity index is 557. The molecule has 96 valence electrons. The maximum atomic E-state index is 11.7. The van der Waals surface area contributed by atoms with Gasteiger partial charge in [-0.3, -0.25) is 9.78 Å². The van der Waals surface area contributed by atoms with Crippen molar-refractivity contribution >= 4 is 17.4 Å². The van der Waals surface area contributed by atoms with Gasteiger partial charge in [-0.2, -0.15) is 4.52 Å². The SMILES string of the molecule is CC(C)(C)NC(=O)CNc1cncc2nnnn12. The predicted molar refractivity (Wildman–Crippen MR) is 65.0 cm³/mol. The van der Waals surface area contributed by atoms with Crippen molar-refractivity contribution in [3.05, 3.63) is 12.4 Å². The highest BCUT2D eigenvalue weighted by Gasteiger charge is 2.13. The highest BCUT2D eigenvalue weighted by atomic mass is 16.2. The van der Waals surface area contributed by atoms with Crippen LogP contribution in [0.4, 0.5) is 5.82 Å². The van der Waals surface area contributed by atoms with Crippen LogP contribution < -0.4 is 10.6 Å². The van der Waals surface area contributed by atoms with Gasteiger partial charge in [-0.15, -0.1) is 5.10 Å². The van der Waals surface area contributed by atoms with Crippen LogP contribution in [0.5, 0.6) is 0 Å². The molecule has 0 aliphatic carbocycles. The first-order valence-corrected chi connectivity index (χ1v) is 5.53. The highest BCUT2D eigenvalue weighted by molar-refractivity contribution is 5.81. The van der Waals surface area contributed by atoms with Gasteiger partial charge in [0.1, 0.15) is 0 Å². The molecule has 2 rings (SSSR count). The van der Waals surface area contributed by atoms with E-state index >= 15 is 0 Å². The number of carbonyl (C=O) groups excluding carboxylic acids is 1. The molecule has 0 saturated carbocycles. The second-order valence-corrected chi connectivity index (χ2v) is 4.89. The third-order valence-corrected chi connectivity index (χ3v) is 2.05. The maximum absolute atomic E-state index is 11.7. The van der Waals surface area contributed by atoms with Crippen LogP contribution in [-0.4, -0.2) is 43.0 Å². The van der Waals surface area contributed by atoms with Crippen molar-refractivity contribution in [3.63, 3.8) is 0 Å². The zero-order valence-corrected chi connectivity index (χ0v) is 10.5. The Balaban J connectivity index is 2.02. The van der Waals surface area contributed by atoms with Gasteiger partial charge in [-0.25, -0.2) is 0 Å². The Hall–Kier alpha value is -2.25. The van der Waals surface area contributed by atoms with Crippen molar-refractivity contribution in [1.29, 1.82) is 0 Å². The molecule has 0 aliphatic heterocycles. The number of nitrogens with one attached hydrogen (secondary N) is 2. The number of hydrogen-bond donors (Lipinski definition) is 2. The zero-order valence-electron chi connectivity index (χ0n) is 10.5. The van der Waals surface area contributed by atoms with Crippen LogP contribution in [0, 0.1) is 0 Å². The van der Waals surface area contributed by atoms with Crippen LogP contribution >= 0.6 is 0 Å². The first kappa shape index (κ1) is 12.2. The van der Waals surface area contributed by atoms with Crippen molar-refractivity contribution < 1.29 is 4.79 Å². The Morgan fingerprint density at radius 3 is 2.89 bits per heavy atom. The molecule has 0 fully saturated rings. The van der Waals surface area contributed by atoms with Gasteiger partial charge < -0.3 is 10.6 Å². The maximum Gasteiger partial charge on any atom is 0.239 e. The summed E-state index contributed by atoms with van der Waals surface area (Å²) in [5.74, 6) is 0.467. The molecule has 2 N–H and O–H groups in total. The Morgan fingerprint density at radius 1 is 1.39 bits per heavy atom. The number of carbonyl (C=O) groups is 1. The number of anilines is 1. The average molecular weight is 249 g/mol. The lowest BCUT2D eigenvalue weighted by Gasteiger charge is -2.20. The van der Waals surface area contributed by atoms with Gasteiger partial charge in [-0.1, -0.05) is 0 Å². The van der Waals surface area contributed by atoms with Gasteiger partial charge in [-0.05, 0) is 31.2 Å². The molecule has 2 heterocycles. The second-order valence-electron chi connectivity index (χ2n) is 4.89. The van der Waals surface area contributed by atoms with E-state index in [0.29, 0.717) is 11.5 Å². The summed E-state index contributed by atoms with van der Waals surface area (Å²) in [6, 6.07) is 0. The van der Waals surface area contributed by atoms with E-state index in [-0.39, 0.29) is 18.0 Å². The highest BCUT2D eigenvalue weighted by Crippen LogP contribution is 2.05. The summed E-state index contributed by atoms with van der Waals surface area (Å²) in [6.45, 7) is 5.91. The van der Waals surface area contributed by atoms with Crippen LogP contribution in [0.3, 0.4) is 0 Å². The van der Waals surface area contributed by atoms with Crippen molar-refractivity contribution in [3.8, 4) is 0 Å². The van der Waals surface area contributed by atoms with Gasteiger partial charge in [0.25, 0.3) is 0 Å². The van der Waals surface area contributed by atoms with Crippen molar-refractivity contribution in [1.82, 2.24) is 30.3 Å². The van der Waals surface area contributed by atoms with Crippen LogP contribution in [0.15, 0.2) is 12.4 Å². The lowest BCUT2D eigenvalue weighted by atomic mass is 10.1. The minimum Gasteiger partial charge on any atom is -0.360 e. The molecule has 0 atom stereocenters. The smallest absolute Gasteiger partial charge is 0.239 e. The fourth-order valence-electron chi connectivity index (χ4n) is 1.43. The van der Waals surface area contributed by atoms with Crippen LogP contribution in [0.1, 0.15) is 20.8 Å². The van der Waals surface area contributed by atoms with Gasteiger partial charge >= 0.3 is 0 Å². The molecule has 0 bridgehead atoms. The van der Waals surface area contributed by atoms with Gasteiger partial charge in [0, 0.05) is 5.54 Å². The summed E-state index contributed by atoms with van der Waals surface area (Å²) >= 11 is 0. The molecular formula is C10H15N7O. The van der Waals surface area contributed by atoms with E-state index in [0.717, 1.165) is 0 Å². The molecule has 8 heteroatoms. The van der Waals surface area contributed by atoms with Crippen molar-refractivity contribution in [2.24, 2.45) is 0 Å². The summed E-state index contributed by atoms with van der Waals surface area (Å²) in [4.78, 5) is 15.6. The standard InChI is InChI=1S/C10H15N7O/c1-10(2,3)13-9(18)6-12-7-4-11-5-8-14-15-16-17(7)8/h4-5,12H,6H2,1-3H3,(H,13,18). The molecule has 8 nitrogen and oxygen atoms in total. The molecule has 2 aromatic heterocycles. The first-order valence-electron chi connectivity index (χ1n) is 5.53. The monoisotopic (exact) mass is 249 g/mol. The van der Waals surface area contributed by atoms with Crippen molar-refractivity contribution in [2.45, 2.75) is 26.3 Å². The fourth-order valence-corrected chi connectivity index (χ4v) is 1.43. The zero-order chi connectivity index (χ0) is 13.2. The number of amides is 1. The number of tetrazole rings is 1. The molecule has 0 aliphatic rings. The fraction of sp³-hybridized carbons (Fsp3) is 0.500. The van der Waals surface area contributed by atoms with Crippen LogP contribution in [-0.2, 0) is 4.79 Å². The summed E-state index contributed by atoms with van der Waals surface area (Å²) in [5, 5.41) is 16.9. The second kappa shape index (κ2) is 4.55. The molecule has 0 radical (unpaired) electrons. The summed E-state index contributed by atoms with van der Waals surface area (Å²) < 4.78 is 1.48. The number of fused-ring (bicyclic) bond motifs is 1. The summed E-state index contributed by atoms with van der Waals surface area (Å²) in [7, 11) is 0. The molecule has 0 aromatic carbocycles. The van der Waals surface area contributed by atoms with E-state index in [2.05, 4.69) is 31.1 Å². The Morgan fingerprint density at radius 2 is 2.17 bits per heavy atom. The summed E-state index contributed by atoms with van der Waals surface area (Å²) in [5.41, 5.74) is 0.272. The normalized spacial score (nSPS) is 11.5. The number of aromatic nitrogens is 5. The minimum atomic E-state index is -0.252. The van der Waals surface area contributed by atoms with Gasteiger partial charge in [0.2, 0.25) is 5.91 Å². The van der Waals surface area contributed by atoms with E-state index < -0.39 is 0 Å². The van der Waals surface area contributed by atoms with Crippen LogP contribution in [0.2, 0.25) is 0 Å². The average Bonchev–Trinajstić information content (AvgIpc) is 2.72. The summed E-state index contributed by atoms with van der Waals surface area (Å²) in [6.07, 6.45) is 3.11. The first-order chi connectivity index (χ1) is 8.46. The van der Waals surface area contributed by atoms with Crippen LogP contribution in [0.25, 0.3) is 5.65 Å². The molecule has 2 aromatic rings.